The predicted molar refractivity (Wildman–Crippen MR) is 74.6 cm³/mol. The minimum atomic E-state index is -4.50. The Morgan fingerprint density at radius 1 is 1.30 bits per heavy atom. The molecule has 2 nitrogen and oxygen atoms in total. The van der Waals surface area contributed by atoms with Crippen LogP contribution in [0.4, 0.5) is 13.2 Å². The van der Waals surface area contributed by atoms with Crippen molar-refractivity contribution < 1.29 is 13.2 Å². The van der Waals surface area contributed by atoms with Crippen molar-refractivity contribution in [3.63, 3.8) is 0 Å². The Labute approximate surface area is 117 Å². The van der Waals surface area contributed by atoms with Crippen LogP contribution in [0.25, 0.3) is 5.57 Å². The molecular weight excluding hydrogens is 265 g/mol. The van der Waals surface area contributed by atoms with Gasteiger partial charge in [0.2, 0.25) is 0 Å². The van der Waals surface area contributed by atoms with E-state index in [4.69, 9.17) is 6.42 Å². The highest BCUT2D eigenvalue weighted by Gasteiger charge is 2.35. The smallest absolute Gasteiger partial charge is 0.237 e. The van der Waals surface area contributed by atoms with Crippen molar-refractivity contribution in [2.75, 3.05) is 0 Å². The molecule has 0 atom stereocenters. The van der Waals surface area contributed by atoms with Gasteiger partial charge >= 0.3 is 6.18 Å². The number of hydrogen-bond acceptors (Lipinski definition) is 2. The molecule has 0 aliphatic heterocycles. The molecule has 0 saturated heterocycles. The largest absolute Gasteiger partial charge is 0.414 e. The first-order valence-electron chi connectivity index (χ1n) is 6.14. The van der Waals surface area contributed by atoms with Crippen molar-refractivity contribution in [3.8, 4) is 12.3 Å². The Morgan fingerprint density at radius 3 is 2.25 bits per heavy atom. The van der Waals surface area contributed by atoms with E-state index in [-0.39, 0.29) is 11.4 Å². The lowest BCUT2D eigenvalue weighted by Crippen LogP contribution is -2.14. The SMILES string of the molecule is C#CC/C(=C(\C=C/C)c1ncccn1)C(F)(F)F.CC. The number of allylic oxidation sites excluding steroid dienone is 4. The average molecular weight is 282 g/mol. The van der Waals surface area contributed by atoms with E-state index in [0.29, 0.717) is 0 Å². The highest BCUT2D eigenvalue weighted by molar-refractivity contribution is 5.73. The molecule has 5 heteroatoms. The molecule has 0 aromatic carbocycles. The zero-order valence-electron chi connectivity index (χ0n) is 11.7. The monoisotopic (exact) mass is 282 g/mol. The summed E-state index contributed by atoms with van der Waals surface area (Å²) in [7, 11) is 0. The number of rotatable bonds is 3. The molecule has 1 rings (SSSR count). The molecule has 0 radical (unpaired) electrons. The highest BCUT2D eigenvalue weighted by atomic mass is 19.4. The van der Waals surface area contributed by atoms with E-state index in [1.807, 2.05) is 19.8 Å². The van der Waals surface area contributed by atoms with Crippen molar-refractivity contribution in [3.05, 3.63) is 42.0 Å². The van der Waals surface area contributed by atoms with Gasteiger partial charge in [0.1, 0.15) is 0 Å². The van der Waals surface area contributed by atoms with Crippen LogP contribution in [0.1, 0.15) is 33.0 Å². The van der Waals surface area contributed by atoms with E-state index in [1.54, 1.807) is 6.92 Å². The fraction of sp³-hybridized carbons (Fsp3) is 0.333. The molecule has 0 spiro atoms. The first-order chi connectivity index (χ1) is 9.50. The molecule has 108 valence electrons. The van der Waals surface area contributed by atoms with Gasteiger partial charge in [0.05, 0.1) is 5.57 Å². The van der Waals surface area contributed by atoms with Gasteiger partial charge < -0.3 is 0 Å². The Balaban J connectivity index is 0.00000172. The van der Waals surface area contributed by atoms with Crippen LogP contribution in [0.2, 0.25) is 0 Å². The van der Waals surface area contributed by atoms with Gasteiger partial charge in [-0.1, -0.05) is 26.0 Å². The Hall–Kier alpha value is -2.09. The lowest BCUT2D eigenvalue weighted by Gasteiger charge is -2.13. The van der Waals surface area contributed by atoms with Gasteiger partial charge in [0.25, 0.3) is 0 Å². The fourth-order valence-corrected chi connectivity index (χ4v) is 1.37. The van der Waals surface area contributed by atoms with Gasteiger partial charge in [-0.2, -0.15) is 13.2 Å². The summed E-state index contributed by atoms with van der Waals surface area (Å²) in [4.78, 5) is 7.65. The van der Waals surface area contributed by atoms with Crippen LogP contribution in [-0.4, -0.2) is 16.1 Å². The molecule has 0 aliphatic carbocycles. The van der Waals surface area contributed by atoms with Crippen LogP contribution in [0.5, 0.6) is 0 Å². The second kappa shape index (κ2) is 8.92. The molecule has 20 heavy (non-hydrogen) atoms. The van der Waals surface area contributed by atoms with E-state index in [9.17, 15) is 13.2 Å². The first kappa shape index (κ1) is 17.9. The van der Waals surface area contributed by atoms with Gasteiger partial charge in [-0.25, -0.2) is 9.97 Å². The summed E-state index contributed by atoms with van der Waals surface area (Å²) in [5, 5.41) is 0. The summed E-state index contributed by atoms with van der Waals surface area (Å²) in [6.45, 7) is 5.62. The molecule has 0 fully saturated rings. The zero-order valence-corrected chi connectivity index (χ0v) is 11.7. The summed E-state index contributed by atoms with van der Waals surface area (Å²) >= 11 is 0. The summed E-state index contributed by atoms with van der Waals surface area (Å²) in [5.74, 6) is 2.03. The van der Waals surface area contributed by atoms with E-state index in [2.05, 4.69) is 9.97 Å². The first-order valence-corrected chi connectivity index (χ1v) is 6.14. The summed E-state index contributed by atoms with van der Waals surface area (Å²) in [6, 6.07) is 1.53. The molecular formula is C15H17F3N2. The lowest BCUT2D eigenvalue weighted by atomic mass is 10.0. The van der Waals surface area contributed by atoms with Crippen LogP contribution in [0.3, 0.4) is 0 Å². The number of nitrogens with zero attached hydrogens (tertiary/aromatic N) is 2. The van der Waals surface area contributed by atoms with Crippen molar-refractivity contribution in [1.82, 2.24) is 9.97 Å². The third-order valence-corrected chi connectivity index (χ3v) is 2.09. The summed E-state index contributed by atoms with van der Waals surface area (Å²) < 4.78 is 38.8. The maximum atomic E-state index is 12.9. The zero-order chi connectivity index (χ0) is 15.6. The van der Waals surface area contributed by atoms with Gasteiger partial charge in [0.15, 0.2) is 5.82 Å². The van der Waals surface area contributed by atoms with Crippen molar-refractivity contribution in [2.24, 2.45) is 0 Å². The van der Waals surface area contributed by atoms with Gasteiger partial charge in [0, 0.05) is 24.4 Å². The molecule has 0 saturated carbocycles. The molecule has 1 aromatic rings. The Morgan fingerprint density at radius 2 is 1.85 bits per heavy atom. The average Bonchev–Trinajstić information content (AvgIpc) is 2.45. The maximum absolute atomic E-state index is 12.9. The predicted octanol–water partition coefficient (Wildman–Crippen LogP) is 4.42. The minimum Gasteiger partial charge on any atom is -0.237 e. The molecule has 1 heterocycles. The quantitative estimate of drug-likeness (QED) is 0.606. The Kier molecular flexibility index (Phi) is 7.98. The number of aromatic nitrogens is 2. The molecule has 0 aliphatic rings. The second-order valence-corrected chi connectivity index (χ2v) is 3.34. The summed E-state index contributed by atoms with van der Waals surface area (Å²) in [5.41, 5.74) is -0.905. The second-order valence-electron chi connectivity index (χ2n) is 3.34. The Bertz CT molecular complexity index is 494. The molecule has 0 amide bonds. The maximum Gasteiger partial charge on any atom is 0.414 e. The van der Waals surface area contributed by atoms with Gasteiger partial charge in [-0.15, -0.1) is 12.3 Å². The molecule has 0 bridgehead atoms. The minimum absolute atomic E-state index is 0.0122. The van der Waals surface area contributed by atoms with Gasteiger partial charge in [-0.05, 0) is 13.0 Å². The van der Waals surface area contributed by atoms with E-state index in [0.717, 1.165) is 0 Å². The van der Waals surface area contributed by atoms with Crippen molar-refractivity contribution in [1.29, 1.82) is 0 Å². The van der Waals surface area contributed by atoms with E-state index in [1.165, 1.54) is 30.6 Å². The number of terminal acetylenes is 1. The molecule has 0 N–H and O–H groups in total. The van der Waals surface area contributed by atoms with Gasteiger partial charge in [-0.3, -0.25) is 0 Å². The fourth-order valence-electron chi connectivity index (χ4n) is 1.37. The van der Waals surface area contributed by atoms with Crippen LogP contribution in [0, 0.1) is 12.3 Å². The van der Waals surface area contributed by atoms with Crippen molar-refractivity contribution in [2.45, 2.75) is 33.4 Å². The number of halogens is 3. The van der Waals surface area contributed by atoms with Crippen LogP contribution >= 0.6 is 0 Å². The summed E-state index contributed by atoms with van der Waals surface area (Å²) in [6.07, 6.45) is 5.56. The number of hydrogen-bond donors (Lipinski definition) is 0. The number of alkyl halides is 3. The van der Waals surface area contributed by atoms with Crippen LogP contribution < -0.4 is 0 Å². The lowest BCUT2D eigenvalue weighted by molar-refractivity contribution is -0.0920. The van der Waals surface area contributed by atoms with E-state index < -0.39 is 18.2 Å². The molecule has 0 unspecified atom stereocenters. The van der Waals surface area contributed by atoms with Crippen molar-refractivity contribution >= 4 is 5.57 Å². The third-order valence-electron chi connectivity index (χ3n) is 2.09. The van der Waals surface area contributed by atoms with Crippen LogP contribution in [0.15, 0.2) is 36.2 Å². The topological polar surface area (TPSA) is 25.8 Å². The normalized spacial score (nSPS) is 12.2. The van der Waals surface area contributed by atoms with Crippen LogP contribution in [-0.2, 0) is 0 Å². The highest BCUT2D eigenvalue weighted by Crippen LogP contribution is 2.34. The third kappa shape index (κ3) is 5.27. The standard InChI is InChI=1S/C13H11F3N2.C2H6/c1-3-6-10(12-17-8-5-9-18-12)11(7-4-2)13(14,15)16;1-2/h2-3,5-6,8-9H,7H2,1H3;1-2H3/b6-3-,11-10-;. The molecule has 1 aromatic heterocycles. The van der Waals surface area contributed by atoms with E-state index >= 15 is 0 Å².